The van der Waals surface area contributed by atoms with Crippen molar-refractivity contribution in [3.05, 3.63) is 21.9 Å². The van der Waals surface area contributed by atoms with Gasteiger partial charge in [-0.3, -0.25) is 9.59 Å². The number of ether oxygens (including phenoxy) is 1. The van der Waals surface area contributed by atoms with Gasteiger partial charge in [-0.2, -0.15) is 0 Å². The molecule has 2 heterocycles. The van der Waals surface area contributed by atoms with Crippen molar-refractivity contribution in [1.82, 2.24) is 4.90 Å². The lowest BCUT2D eigenvalue weighted by atomic mass is 10.0. The van der Waals surface area contributed by atoms with Crippen LogP contribution >= 0.6 is 11.3 Å². The molecule has 5 nitrogen and oxygen atoms in total. The molecule has 0 spiro atoms. The Morgan fingerprint density at radius 1 is 1.53 bits per heavy atom. The number of carbonyl (C=O) groups excluding carboxylic acids is 2. The molecule has 1 aliphatic heterocycles. The Labute approximate surface area is 116 Å². The van der Waals surface area contributed by atoms with Gasteiger partial charge >= 0.3 is 0 Å². The van der Waals surface area contributed by atoms with Gasteiger partial charge in [-0.15, -0.1) is 11.3 Å². The summed E-state index contributed by atoms with van der Waals surface area (Å²) in [6, 6.07) is 3.96. The largest absolute Gasteiger partial charge is 0.367 e. The SMILES string of the molecule is Cc1ccc(CC(=O)N2CCO[C@](C)(C(N)=O)C2)s1. The first-order valence-corrected chi connectivity index (χ1v) is 6.99. The van der Waals surface area contributed by atoms with E-state index in [0.29, 0.717) is 19.6 Å². The predicted molar refractivity (Wildman–Crippen MR) is 72.9 cm³/mol. The van der Waals surface area contributed by atoms with Gasteiger partial charge in [0.15, 0.2) is 5.60 Å². The average Bonchev–Trinajstić information content (AvgIpc) is 2.74. The Balaban J connectivity index is 2.01. The molecule has 1 aromatic rings. The number of hydrogen-bond donors (Lipinski definition) is 1. The van der Waals surface area contributed by atoms with Crippen LogP contribution in [0.5, 0.6) is 0 Å². The van der Waals surface area contributed by atoms with Crippen molar-refractivity contribution in [2.75, 3.05) is 19.7 Å². The monoisotopic (exact) mass is 282 g/mol. The molecule has 1 saturated heterocycles. The number of hydrogen-bond acceptors (Lipinski definition) is 4. The second-order valence-electron chi connectivity index (χ2n) is 4.95. The van der Waals surface area contributed by atoms with E-state index in [1.54, 1.807) is 23.2 Å². The quantitative estimate of drug-likeness (QED) is 0.887. The molecule has 104 valence electrons. The minimum atomic E-state index is -1.07. The number of carbonyl (C=O) groups is 2. The second-order valence-corrected chi connectivity index (χ2v) is 6.32. The number of nitrogens with zero attached hydrogens (tertiary/aromatic N) is 1. The fourth-order valence-corrected chi connectivity index (χ4v) is 2.95. The smallest absolute Gasteiger partial charge is 0.251 e. The van der Waals surface area contributed by atoms with E-state index in [4.69, 9.17) is 10.5 Å². The van der Waals surface area contributed by atoms with Crippen molar-refractivity contribution in [2.45, 2.75) is 25.9 Å². The standard InChI is InChI=1S/C13H18N2O3S/c1-9-3-4-10(19-9)7-11(16)15-5-6-18-13(2,8-15)12(14)17/h3-4H,5-8H2,1-2H3,(H2,14,17)/t13-/m0/s1. The summed E-state index contributed by atoms with van der Waals surface area (Å²) in [7, 11) is 0. The molecule has 6 heteroatoms. The van der Waals surface area contributed by atoms with Crippen LogP contribution in [0.15, 0.2) is 12.1 Å². The van der Waals surface area contributed by atoms with Crippen molar-refractivity contribution in [3.63, 3.8) is 0 Å². The van der Waals surface area contributed by atoms with Gasteiger partial charge < -0.3 is 15.4 Å². The number of rotatable bonds is 3. The Kier molecular flexibility index (Phi) is 3.91. The van der Waals surface area contributed by atoms with Crippen LogP contribution in [0.3, 0.4) is 0 Å². The second kappa shape index (κ2) is 5.30. The van der Waals surface area contributed by atoms with Crippen LogP contribution in [-0.2, 0) is 20.7 Å². The molecule has 0 radical (unpaired) electrons. The Morgan fingerprint density at radius 2 is 2.26 bits per heavy atom. The number of nitrogens with two attached hydrogens (primary N) is 1. The Hall–Kier alpha value is -1.40. The lowest BCUT2D eigenvalue weighted by molar-refractivity contribution is -0.160. The first-order valence-electron chi connectivity index (χ1n) is 6.18. The zero-order valence-corrected chi connectivity index (χ0v) is 12.0. The first-order chi connectivity index (χ1) is 8.90. The van der Waals surface area contributed by atoms with E-state index in [9.17, 15) is 9.59 Å². The molecular formula is C13H18N2O3S. The molecule has 2 rings (SSSR count). The molecule has 0 saturated carbocycles. The topological polar surface area (TPSA) is 72.6 Å². The lowest BCUT2D eigenvalue weighted by Gasteiger charge is -2.38. The van der Waals surface area contributed by atoms with Gasteiger partial charge in [0, 0.05) is 16.3 Å². The summed E-state index contributed by atoms with van der Waals surface area (Å²) < 4.78 is 5.40. The maximum Gasteiger partial charge on any atom is 0.251 e. The van der Waals surface area contributed by atoms with Gasteiger partial charge in [0.05, 0.1) is 19.6 Å². The molecule has 0 aromatic carbocycles. The maximum absolute atomic E-state index is 12.2. The van der Waals surface area contributed by atoms with Gasteiger partial charge in [0.25, 0.3) is 5.91 Å². The van der Waals surface area contributed by atoms with Crippen LogP contribution < -0.4 is 5.73 Å². The molecule has 19 heavy (non-hydrogen) atoms. The molecule has 0 aliphatic carbocycles. The summed E-state index contributed by atoms with van der Waals surface area (Å²) >= 11 is 1.62. The summed E-state index contributed by atoms with van der Waals surface area (Å²) in [6.45, 7) is 4.72. The molecule has 0 bridgehead atoms. The summed E-state index contributed by atoms with van der Waals surface area (Å²) in [5.74, 6) is -0.519. The third-order valence-electron chi connectivity index (χ3n) is 3.27. The lowest BCUT2D eigenvalue weighted by Crippen LogP contribution is -2.58. The summed E-state index contributed by atoms with van der Waals surface area (Å²) in [5, 5.41) is 0. The van der Waals surface area contributed by atoms with Crippen LogP contribution in [0.25, 0.3) is 0 Å². The van der Waals surface area contributed by atoms with Gasteiger partial charge in [-0.05, 0) is 26.0 Å². The van der Waals surface area contributed by atoms with Crippen LogP contribution in [0.1, 0.15) is 16.7 Å². The van der Waals surface area contributed by atoms with E-state index in [-0.39, 0.29) is 12.5 Å². The molecule has 1 atom stereocenters. The minimum absolute atomic E-state index is 0.0117. The highest BCUT2D eigenvalue weighted by molar-refractivity contribution is 7.12. The number of aryl methyl sites for hydroxylation is 1. The molecule has 1 fully saturated rings. The van der Waals surface area contributed by atoms with E-state index in [1.165, 1.54) is 4.88 Å². The summed E-state index contributed by atoms with van der Waals surface area (Å²) in [6.07, 6.45) is 0.368. The van der Waals surface area contributed by atoms with Gasteiger partial charge in [-0.1, -0.05) is 0 Å². The predicted octanol–water partition coefficient (Wildman–Crippen LogP) is 0.702. The van der Waals surface area contributed by atoms with E-state index in [1.807, 2.05) is 19.1 Å². The molecule has 0 unspecified atom stereocenters. The van der Waals surface area contributed by atoms with Crippen LogP contribution in [-0.4, -0.2) is 42.0 Å². The third-order valence-corrected chi connectivity index (χ3v) is 4.27. The van der Waals surface area contributed by atoms with E-state index in [0.717, 1.165) is 4.88 Å². The Bertz CT molecular complexity index is 500. The highest BCUT2D eigenvalue weighted by Gasteiger charge is 2.39. The van der Waals surface area contributed by atoms with Crippen LogP contribution in [0.4, 0.5) is 0 Å². The van der Waals surface area contributed by atoms with Crippen LogP contribution in [0, 0.1) is 6.92 Å². The molecular weight excluding hydrogens is 264 g/mol. The van der Waals surface area contributed by atoms with Crippen molar-refractivity contribution in [2.24, 2.45) is 5.73 Å². The summed E-state index contributed by atoms with van der Waals surface area (Å²) in [5.41, 5.74) is 4.25. The highest BCUT2D eigenvalue weighted by atomic mass is 32.1. The molecule has 2 amide bonds. The van der Waals surface area contributed by atoms with Gasteiger partial charge in [0.2, 0.25) is 5.91 Å². The number of morpholine rings is 1. The third kappa shape index (κ3) is 3.13. The Morgan fingerprint density at radius 3 is 2.84 bits per heavy atom. The fraction of sp³-hybridized carbons (Fsp3) is 0.538. The first kappa shape index (κ1) is 14.0. The maximum atomic E-state index is 12.2. The van der Waals surface area contributed by atoms with E-state index >= 15 is 0 Å². The zero-order chi connectivity index (χ0) is 14.0. The van der Waals surface area contributed by atoms with E-state index in [2.05, 4.69) is 0 Å². The van der Waals surface area contributed by atoms with Crippen molar-refractivity contribution < 1.29 is 14.3 Å². The van der Waals surface area contributed by atoms with Crippen molar-refractivity contribution in [1.29, 1.82) is 0 Å². The normalized spacial score (nSPS) is 23.4. The average molecular weight is 282 g/mol. The summed E-state index contributed by atoms with van der Waals surface area (Å²) in [4.78, 5) is 27.5. The van der Waals surface area contributed by atoms with Gasteiger partial charge in [-0.25, -0.2) is 0 Å². The van der Waals surface area contributed by atoms with Crippen molar-refractivity contribution >= 4 is 23.2 Å². The number of primary amides is 1. The fourth-order valence-electron chi connectivity index (χ4n) is 2.07. The highest BCUT2D eigenvalue weighted by Crippen LogP contribution is 2.20. The van der Waals surface area contributed by atoms with Crippen LogP contribution in [0.2, 0.25) is 0 Å². The van der Waals surface area contributed by atoms with Crippen molar-refractivity contribution in [3.8, 4) is 0 Å². The molecule has 2 N–H and O–H groups in total. The number of thiophene rings is 1. The molecule has 1 aliphatic rings. The van der Waals surface area contributed by atoms with Gasteiger partial charge in [0.1, 0.15) is 0 Å². The van der Waals surface area contributed by atoms with E-state index < -0.39 is 11.5 Å². The minimum Gasteiger partial charge on any atom is -0.367 e. The number of amides is 2. The zero-order valence-electron chi connectivity index (χ0n) is 11.1. The molecule has 1 aromatic heterocycles.